The maximum absolute atomic E-state index is 11.9. The zero-order valence-electron chi connectivity index (χ0n) is 12.3. The maximum atomic E-state index is 11.9. The lowest BCUT2D eigenvalue weighted by Crippen LogP contribution is -2.42. The van der Waals surface area contributed by atoms with Crippen LogP contribution in [0.15, 0.2) is 24.3 Å². The van der Waals surface area contributed by atoms with Crippen LogP contribution >= 0.6 is 22.6 Å². The first-order chi connectivity index (χ1) is 9.70. The molecule has 0 heterocycles. The second kappa shape index (κ2) is 7.95. The lowest BCUT2D eigenvalue weighted by molar-refractivity contribution is -0.119. The molecule has 118 valence electrons. The van der Waals surface area contributed by atoms with Crippen LogP contribution in [0.25, 0.3) is 0 Å². The van der Waals surface area contributed by atoms with Crippen molar-refractivity contribution in [3.8, 4) is 0 Å². The van der Waals surface area contributed by atoms with E-state index in [0.717, 1.165) is 14.1 Å². The Bertz CT molecular complexity index is 573. The van der Waals surface area contributed by atoms with Gasteiger partial charge in [-0.1, -0.05) is 0 Å². The molecule has 1 rings (SSSR count). The Morgan fingerprint density at radius 1 is 1.24 bits per heavy atom. The molecule has 21 heavy (non-hydrogen) atoms. The number of anilines is 1. The molecule has 0 aliphatic heterocycles. The molecular formula is C13H20IN3O3S. The molecule has 8 heteroatoms. The SMILES string of the molecule is CN(C)CCNC(=O)CN(c1ccc(I)cc1)S(C)(=O)=O. The quantitative estimate of drug-likeness (QED) is 0.655. The molecule has 0 saturated carbocycles. The van der Waals surface area contributed by atoms with Crippen LogP contribution < -0.4 is 9.62 Å². The number of amides is 1. The molecule has 1 N–H and O–H groups in total. The van der Waals surface area contributed by atoms with Crippen LogP contribution in [0.3, 0.4) is 0 Å². The van der Waals surface area contributed by atoms with E-state index in [1.54, 1.807) is 24.3 Å². The number of nitrogens with zero attached hydrogens (tertiary/aromatic N) is 2. The molecule has 0 aliphatic carbocycles. The van der Waals surface area contributed by atoms with E-state index in [9.17, 15) is 13.2 Å². The minimum Gasteiger partial charge on any atom is -0.353 e. The van der Waals surface area contributed by atoms with E-state index in [4.69, 9.17) is 0 Å². The number of halogens is 1. The Labute approximate surface area is 139 Å². The average Bonchev–Trinajstić information content (AvgIpc) is 2.35. The molecule has 6 nitrogen and oxygen atoms in total. The van der Waals surface area contributed by atoms with Crippen LogP contribution in [-0.2, 0) is 14.8 Å². The Balaban J connectivity index is 2.76. The Kier molecular flexibility index (Phi) is 6.88. The molecule has 0 fully saturated rings. The highest BCUT2D eigenvalue weighted by Gasteiger charge is 2.20. The first kappa shape index (κ1) is 18.2. The molecule has 0 atom stereocenters. The average molecular weight is 425 g/mol. The van der Waals surface area contributed by atoms with Gasteiger partial charge in [0, 0.05) is 16.7 Å². The molecule has 0 spiro atoms. The summed E-state index contributed by atoms with van der Waals surface area (Å²) in [7, 11) is 0.299. The fourth-order valence-electron chi connectivity index (χ4n) is 1.61. The summed E-state index contributed by atoms with van der Waals surface area (Å²) >= 11 is 2.14. The zero-order chi connectivity index (χ0) is 16.0. The van der Waals surface area contributed by atoms with Gasteiger partial charge in [0.05, 0.1) is 11.9 Å². The minimum absolute atomic E-state index is 0.215. The lowest BCUT2D eigenvalue weighted by Gasteiger charge is -2.22. The number of likely N-dealkylation sites (N-methyl/N-ethyl adjacent to an activating group) is 1. The number of sulfonamides is 1. The minimum atomic E-state index is -3.51. The Morgan fingerprint density at radius 2 is 1.81 bits per heavy atom. The van der Waals surface area contributed by atoms with Crippen LogP contribution in [0, 0.1) is 3.57 Å². The van der Waals surface area contributed by atoms with Crippen molar-refractivity contribution in [2.45, 2.75) is 0 Å². The third-order valence-corrected chi connectivity index (χ3v) is 4.54. The second-order valence-electron chi connectivity index (χ2n) is 4.90. The summed E-state index contributed by atoms with van der Waals surface area (Å²) < 4.78 is 25.8. The van der Waals surface area contributed by atoms with Gasteiger partial charge in [-0.25, -0.2) is 8.42 Å². The van der Waals surface area contributed by atoms with Crippen LogP contribution in [-0.4, -0.2) is 59.2 Å². The van der Waals surface area contributed by atoms with Crippen LogP contribution in [0.1, 0.15) is 0 Å². The number of carbonyl (C=O) groups excluding carboxylic acids is 1. The summed E-state index contributed by atoms with van der Waals surface area (Å²) in [5.74, 6) is -0.319. The van der Waals surface area contributed by atoms with Crippen molar-refractivity contribution in [2.75, 3.05) is 44.3 Å². The van der Waals surface area contributed by atoms with E-state index in [1.165, 1.54) is 0 Å². The van der Waals surface area contributed by atoms with E-state index in [2.05, 4.69) is 27.9 Å². The van der Waals surface area contributed by atoms with Gasteiger partial charge in [-0.05, 0) is 61.0 Å². The predicted molar refractivity (Wildman–Crippen MR) is 92.9 cm³/mol. The summed E-state index contributed by atoms with van der Waals surface area (Å²) in [6, 6.07) is 6.99. The first-order valence-electron chi connectivity index (χ1n) is 6.35. The zero-order valence-corrected chi connectivity index (χ0v) is 15.3. The summed E-state index contributed by atoms with van der Waals surface area (Å²) in [4.78, 5) is 13.8. The number of carbonyl (C=O) groups is 1. The molecule has 0 aliphatic rings. The molecule has 0 unspecified atom stereocenters. The van der Waals surface area contributed by atoms with E-state index in [-0.39, 0.29) is 12.5 Å². The standard InChI is InChI=1S/C13H20IN3O3S/c1-16(2)9-8-15-13(18)10-17(21(3,19)20)12-6-4-11(14)5-7-12/h4-7H,8-10H2,1-3H3,(H,15,18). The molecule has 0 aromatic heterocycles. The Morgan fingerprint density at radius 3 is 2.29 bits per heavy atom. The van der Waals surface area contributed by atoms with Gasteiger partial charge in [-0.3, -0.25) is 9.10 Å². The number of benzene rings is 1. The van der Waals surface area contributed by atoms with Gasteiger partial charge in [0.25, 0.3) is 0 Å². The van der Waals surface area contributed by atoms with Crippen molar-refractivity contribution in [2.24, 2.45) is 0 Å². The Hall–Kier alpha value is -0.870. The monoisotopic (exact) mass is 425 g/mol. The van der Waals surface area contributed by atoms with Gasteiger partial charge in [0.15, 0.2) is 0 Å². The molecule has 0 saturated heterocycles. The molecule has 1 aromatic rings. The van der Waals surface area contributed by atoms with Crippen molar-refractivity contribution < 1.29 is 13.2 Å². The molecule has 0 bridgehead atoms. The first-order valence-corrected chi connectivity index (χ1v) is 9.27. The van der Waals surface area contributed by atoms with E-state index in [1.807, 2.05) is 19.0 Å². The van der Waals surface area contributed by atoms with Crippen LogP contribution in [0.2, 0.25) is 0 Å². The fraction of sp³-hybridized carbons (Fsp3) is 0.462. The summed E-state index contributed by atoms with van der Waals surface area (Å²) in [5, 5.41) is 2.71. The highest BCUT2D eigenvalue weighted by Crippen LogP contribution is 2.18. The van der Waals surface area contributed by atoms with Gasteiger partial charge in [0.1, 0.15) is 6.54 Å². The smallest absolute Gasteiger partial charge is 0.240 e. The number of hydrogen-bond acceptors (Lipinski definition) is 4. The fourth-order valence-corrected chi connectivity index (χ4v) is 2.83. The highest BCUT2D eigenvalue weighted by atomic mass is 127. The highest BCUT2D eigenvalue weighted by molar-refractivity contribution is 14.1. The largest absolute Gasteiger partial charge is 0.353 e. The van der Waals surface area contributed by atoms with Crippen LogP contribution in [0.4, 0.5) is 5.69 Å². The summed E-state index contributed by atoms with van der Waals surface area (Å²) in [5.41, 5.74) is 0.487. The van der Waals surface area contributed by atoms with Crippen molar-refractivity contribution in [1.29, 1.82) is 0 Å². The third kappa shape index (κ3) is 6.62. The normalized spacial score (nSPS) is 11.5. The van der Waals surface area contributed by atoms with Gasteiger partial charge in [0.2, 0.25) is 15.9 Å². The number of nitrogens with one attached hydrogen (secondary N) is 1. The van der Waals surface area contributed by atoms with Crippen molar-refractivity contribution in [3.05, 3.63) is 27.8 Å². The predicted octanol–water partition coefficient (Wildman–Crippen LogP) is 0.735. The van der Waals surface area contributed by atoms with Crippen molar-refractivity contribution in [3.63, 3.8) is 0 Å². The van der Waals surface area contributed by atoms with Gasteiger partial charge >= 0.3 is 0 Å². The van der Waals surface area contributed by atoms with Gasteiger partial charge in [-0.15, -0.1) is 0 Å². The number of rotatable bonds is 7. The lowest BCUT2D eigenvalue weighted by atomic mass is 10.3. The molecule has 0 radical (unpaired) electrons. The van der Waals surface area contributed by atoms with Crippen molar-refractivity contribution >= 4 is 44.2 Å². The summed E-state index contributed by atoms with van der Waals surface area (Å²) in [6.07, 6.45) is 1.10. The molecule has 1 aromatic carbocycles. The topological polar surface area (TPSA) is 69.7 Å². The maximum Gasteiger partial charge on any atom is 0.240 e. The third-order valence-electron chi connectivity index (χ3n) is 2.68. The molecular weight excluding hydrogens is 405 g/mol. The van der Waals surface area contributed by atoms with Gasteiger partial charge < -0.3 is 10.2 Å². The summed E-state index contributed by atoms with van der Waals surface area (Å²) in [6.45, 7) is 0.969. The number of hydrogen-bond donors (Lipinski definition) is 1. The van der Waals surface area contributed by atoms with Gasteiger partial charge in [-0.2, -0.15) is 0 Å². The van der Waals surface area contributed by atoms with E-state index < -0.39 is 10.0 Å². The second-order valence-corrected chi connectivity index (χ2v) is 8.05. The van der Waals surface area contributed by atoms with Crippen molar-refractivity contribution in [1.82, 2.24) is 10.2 Å². The van der Waals surface area contributed by atoms with Crippen LogP contribution in [0.5, 0.6) is 0 Å². The van der Waals surface area contributed by atoms with E-state index in [0.29, 0.717) is 18.8 Å². The molecule has 1 amide bonds. The van der Waals surface area contributed by atoms with E-state index >= 15 is 0 Å².